The van der Waals surface area contributed by atoms with Gasteiger partial charge in [-0.1, -0.05) is 6.42 Å². The minimum Gasteiger partial charge on any atom is -0.480 e. The third-order valence-corrected chi connectivity index (χ3v) is 2.48. The second kappa shape index (κ2) is 2.75. The Kier molecular flexibility index (Phi) is 2.06. The Morgan fingerprint density at radius 3 is 2.00 bits per heavy atom. The van der Waals surface area contributed by atoms with Gasteiger partial charge in [-0.15, -0.1) is 0 Å². The van der Waals surface area contributed by atoms with Crippen LogP contribution in [-0.2, 0) is 9.59 Å². The molecule has 0 heterocycles. The maximum absolute atomic E-state index is 10.7. The number of hydrogen-bond donors (Lipinski definition) is 3. The maximum atomic E-state index is 10.7. The first-order valence-corrected chi connectivity index (χ1v) is 3.74. The van der Waals surface area contributed by atoms with Crippen LogP contribution in [0.2, 0.25) is 0 Å². The van der Waals surface area contributed by atoms with Crippen molar-refractivity contribution in [3.63, 3.8) is 0 Å². The molecule has 1 saturated carbocycles. The highest BCUT2D eigenvalue weighted by Gasteiger charge is 2.54. The van der Waals surface area contributed by atoms with Crippen LogP contribution in [0.15, 0.2) is 0 Å². The zero-order chi connectivity index (χ0) is 9.35. The lowest BCUT2D eigenvalue weighted by Crippen LogP contribution is -2.49. The number of nitrogens with two attached hydrogens (primary N) is 1. The van der Waals surface area contributed by atoms with E-state index in [0.717, 1.165) is 0 Å². The minimum atomic E-state index is -1.74. The van der Waals surface area contributed by atoms with Crippen LogP contribution in [0.3, 0.4) is 0 Å². The van der Waals surface area contributed by atoms with Gasteiger partial charge in [-0.3, -0.25) is 9.59 Å². The molecule has 0 aromatic rings. The molecule has 12 heavy (non-hydrogen) atoms. The van der Waals surface area contributed by atoms with Gasteiger partial charge in [0.05, 0.1) is 0 Å². The SMILES string of the molecule is N[C@H]1CCCC1(C(=O)O)C(=O)O. The van der Waals surface area contributed by atoms with Crippen molar-refractivity contribution in [2.75, 3.05) is 0 Å². The predicted molar refractivity (Wildman–Crippen MR) is 39.5 cm³/mol. The first-order chi connectivity index (χ1) is 5.51. The normalized spacial score (nSPS) is 26.9. The number of aliphatic carboxylic acids is 2. The quantitative estimate of drug-likeness (QED) is 0.495. The Bertz CT molecular complexity index is 211. The van der Waals surface area contributed by atoms with E-state index in [1.54, 1.807) is 0 Å². The Morgan fingerprint density at radius 2 is 1.83 bits per heavy atom. The summed E-state index contributed by atoms with van der Waals surface area (Å²) >= 11 is 0. The third-order valence-electron chi connectivity index (χ3n) is 2.48. The summed E-state index contributed by atoms with van der Waals surface area (Å²) in [5, 5.41) is 17.5. The van der Waals surface area contributed by atoms with Crippen LogP contribution in [0.4, 0.5) is 0 Å². The molecule has 0 saturated heterocycles. The molecule has 0 amide bonds. The summed E-state index contributed by atoms with van der Waals surface area (Å²) in [5.74, 6) is -2.64. The van der Waals surface area contributed by atoms with Crippen molar-refractivity contribution in [1.82, 2.24) is 0 Å². The molecule has 4 N–H and O–H groups in total. The number of carbonyl (C=O) groups is 2. The number of carboxylic acid groups (broad SMARTS) is 2. The standard InChI is InChI=1S/C7H11NO4/c8-4-2-1-3-7(4,5(9)10)6(11)12/h4H,1-3,8H2,(H,9,10)(H,11,12)/t4-/m0/s1. The zero-order valence-corrected chi connectivity index (χ0v) is 6.49. The molecule has 0 aliphatic heterocycles. The van der Waals surface area contributed by atoms with E-state index in [-0.39, 0.29) is 6.42 Å². The van der Waals surface area contributed by atoms with E-state index >= 15 is 0 Å². The van der Waals surface area contributed by atoms with E-state index in [4.69, 9.17) is 15.9 Å². The van der Waals surface area contributed by atoms with Gasteiger partial charge in [0.2, 0.25) is 0 Å². The van der Waals surface area contributed by atoms with E-state index < -0.39 is 23.4 Å². The zero-order valence-electron chi connectivity index (χ0n) is 6.49. The molecule has 1 rings (SSSR count). The summed E-state index contributed by atoms with van der Waals surface area (Å²) < 4.78 is 0. The molecule has 5 nitrogen and oxygen atoms in total. The van der Waals surface area contributed by atoms with Crippen molar-refractivity contribution < 1.29 is 19.8 Å². The summed E-state index contributed by atoms with van der Waals surface area (Å²) in [4.78, 5) is 21.4. The summed E-state index contributed by atoms with van der Waals surface area (Å²) in [7, 11) is 0. The summed E-state index contributed by atoms with van der Waals surface area (Å²) in [6.45, 7) is 0. The fraction of sp³-hybridized carbons (Fsp3) is 0.714. The Hall–Kier alpha value is -1.10. The highest BCUT2D eigenvalue weighted by atomic mass is 16.4. The topological polar surface area (TPSA) is 101 Å². The molecule has 1 atom stereocenters. The maximum Gasteiger partial charge on any atom is 0.322 e. The molecule has 1 aliphatic carbocycles. The van der Waals surface area contributed by atoms with Crippen LogP contribution in [0.25, 0.3) is 0 Å². The van der Waals surface area contributed by atoms with E-state index in [1.165, 1.54) is 0 Å². The smallest absolute Gasteiger partial charge is 0.322 e. The fourth-order valence-electron chi connectivity index (χ4n) is 1.66. The molecule has 0 aromatic heterocycles. The molecule has 0 radical (unpaired) electrons. The average molecular weight is 173 g/mol. The predicted octanol–water partition coefficient (Wildman–Crippen LogP) is -0.347. The van der Waals surface area contributed by atoms with Crippen LogP contribution < -0.4 is 5.73 Å². The van der Waals surface area contributed by atoms with Gasteiger partial charge in [0.1, 0.15) is 0 Å². The van der Waals surface area contributed by atoms with Crippen LogP contribution in [0.1, 0.15) is 19.3 Å². The molecule has 0 unspecified atom stereocenters. The summed E-state index contributed by atoms with van der Waals surface area (Å²) in [5.41, 5.74) is 3.72. The number of carboxylic acids is 2. The van der Waals surface area contributed by atoms with Crippen LogP contribution >= 0.6 is 0 Å². The average Bonchev–Trinajstić information content (AvgIpc) is 2.31. The molecule has 68 valence electrons. The van der Waals surface area contributed by atoms with Crippen molar-refractivity contribution in [3.8, 4) is 0 Å². The first-order valence-electron chi connectivity index (χ1n) is 3.74. The van der Waals surface area contributed by atoms with Crippen molar-refractivity contribution in [2.24, 2.45) is 11.1 Å². The van der Waals surface area contributed by atoms with Gasteiger partial charge >= 0.3 is 11.9 Å². The lowest BCUT2D eigenvalue weighted by molar-refractivity contribution is -0.165. The first kappa shape index (κ1) is 8.99. The minimum absolute atomic E-state index is 0.138. The summed E-state index contributed by atoms with van der Waals surface area (Å²) in [6, 6.07) is -0.757. The van der Waals surface area contributed by atoms with E-state index in [9.17, 15) is 9.59 Å². The van der Waals surface area contributed by atoms with Gasteiger partial charge in [-0.2, -0.15) is 0 Å². The molecule has 5 heteroatoms. The summed E-state index contributed by atoms with van der Waals surface area (Å²) in [6.07, 6.45) is 1.18. The van der Waals surface area contributed by atoms with Crippen molar-refractivity contribution in [3.05, 3.63) is 0 Å². The molecule has 0 bridgehead atoms. The Balaban J connectivity index is 3.01. The molecule has 0 aromatic carbocycles. The van der Waals surface area contributed by atoms with Crippen molar-refractivity contribution in [1.29, 1.82) is 0 Å². The van der Waals surface area contributed by atoms with E-state index in [1.807, 2.05) is 0 Å². The largest absolute Gasteiger partial charge is 0.480 e. The van der Waals surface area contributed by atoms with Crippen molar-refractivity contribution in [2.45, 2.75) is 25.3 Å². The fourth-order valence-corrected chi connectivity index (χ4v) is 1.66. The highest BCUT2D eigenvalue weighted by Crippen LogP contribution is 2.37. The van der Waals surface area contributed by atoms with E-state index in [2.05, 4.69) is 0 Å². The Labute approximate surface area is 69.2 Å². The van der Waals surface area contributed by atoms with Gasteiger partial charge in [0, 0.05) is 6.04 Å². The van der Waals surface area contributed by atoms with Crippen LogP contribution in [0.5, 0.6) is 0 Å². The van der Waals surface area contributed by atoms with E-state index in [0.29, 0.717) is 12.8 Å². The van der Waals surface area contributed by atoms with Gasteiger partial charge in [0.25, 0.3) is 0 Å². The van der Waals surface area contributed by atoms with Gasteiger partial charge < -0.3 is 15.9 Å². The molecule has 0 spiro atoms. The van der Waals surface area contributed by atoms with Crippen LogP contribution in [0, 0.1) is 5.41 Å². The number of rotatable bonds is 2. The second-order valence-corrected chi connectivity index (χ2v) is 3.08. The molecular formula is C7H11NO4. The second-order valence-electron chi connectivity index (χ2n) is 3.08. The van der Waals surface area contributed by atoms with Crippen molar-refractivity contribution >= 4 is 11.9 Å². The van der Waals surface area contributed by atoms with Crippen LogP contribution in [-0.4, -0.2) is 28.2 Å². The molecular weight excluding hydrogens is 162 g/mol. The van der Waals surface area contributed by atoms with Gasteiger partial charge in [-0.25, -0.2) is 0 Å². The molecule has 1 fully saturated rings. The van der Waals surface area contributed by atoms with Gasteiger partial charge in [-0.05, 0) is 12.8 Å². The third kappa shape index (κ3) is 0.972. The monoisotopic (exact) mass is 173 g/mol. The number of hydrogen-bond acceptors (Lipinski definition) is 3. The van der Waals surface area contributed by atoms with Gasteiger partial charge in [0.15, 0.2) is 5.41 Å². The Morgan fingerprint density at radius 1 is 1.33 bits per heavy atom. The lowest BCUT2D eigenvalue weighted by atomic mass is 9.83. The highest BCUT2D eigenvalue weighted by molar-refractivity contribution is 5.99. The lowest BCUT2D eigenvalue weighted by Gasteiger charge is -2.23. The molecule has 1 aliphatic rings.